The first-order valence-electron chi connectivity index (χ1n) is 7.53. The minimum Gasteiger partial charge on any atom is -0.483 e. The number of para-hydroxylation sites is 2. The molecule has 0 aromatic heterocycles. The van der Waals surface area contributed by atoms with E-state index in [1.165, 1.54) is 6.07 Å². The van der Waals surface area contributed by atoms with Crippen LogP contribution >= 0.6 is 0 Å². The van der Waals surface area contributed by atoms with Gasteiger partial charge in [-0.3, -0.25) is 4.79 Å². The van der Waals surface area contributed by atoms with Crippen LogP contribution in [0.2, 0.25) is 0 Å². The number of fused-ring (bicyclic) bond motifs is 1. The Morgan fingerprint density at radius 1 is 1.21 bits per heavy atom. The molecule has 126 valence electrons. The van der Waals surface area contributed by atoms with Gasteiger partial charge in [-0.15, -0.1) is 0 Å². The Morgan fingerprint density at radius 2 is 1.88 bits per heavy atom. The van der Waals surface area contributed by atoms with Gasteiger partial charge in [0.15, 0.2) is 18.1 Å². The Labute approximate surface area is 138 Å². The van der Waals surface area contributed by atoms with E-state index in [0.717, 1.165) is 24.1 Å². The van der Waals surface area contributed by atoms with E-state index in [0.29, 0.717) is 11.5 Å². The quantitative estimate of drug-likeness (QED) is 0.928. The number of benzene rings is 2. The summed E-state index contributed by atoms with van der Waals surface area (Å²) in [6.07, 6.45) is 0.742. The van der Waals surface area contributed by atoms with Crippen LogP contribution in [0.5, 0.6) is 11.5 Å². The first kappa shape index (κ1) is 16.2. The molecule has 0 bridgehead atoms. The number of nitrogens with one attached hydrogen (secondary N) is 1. The summed E-state index contributed by atoms with van der Waals surface area (Å²) in [5.74, 6) is -1.30. The van der Waals surface area contributed by atoms with Crippen molar-refractivity contribution in [1.29, 1.82) is 0 Å². The van der Waals surface area contributed by atoms with Crippen LogP contribution in [0.4, 0.5) is 14.5 Å². The van der Waals surface area contributed by atoms with E-state index in [-0.39, 0.29) is 12.2 Å². The minimum absolute atomic E-state index is 0.333. The number of carbonyl (C=O) groups excluding carboxylic acids is 1. The molecule has 2 aromatic rings. The zero-order valence-electron chi connectivity index (χ0n) is 13.4. The lowest BCUT2D eigenvalue weighted by Crippen LogP contribution is -2.25. The Hall–Kier alpha value is -2.63. The zero-order valence-corrected chi connectivity index (χ0v) is 13.4. The molecule has 0 aliphatic carbocycles. The topological polar surface area (TPSA) is 47.6 Å². The highest BCUT2D eigenvalue weighted by molar-refractivity contribution is 5.92. The molecule has 2 aromatic carbocycles. The molecule has 0 spiro atoms. The number of anilines is 1. The maximum Gasteiger partial charge on any atom is 0.262 e. The Bertz CT molecular complexity index is 770. The monoisotopic (exact) mass is 333 g/mol. The van der Waals surface area contributed by atoms with Crippen LogP contribution in [0.3, 0.4) is 0 Å². The van der Waals surface area contributed by atoms with Crippen LogP contribution in [0.25, 0.3) is 0 Å². The van der Waals surface area contributed by atoms with Gasteiger partial charge in [0.05, 0.1) is 0 Å². The van der Waals surface area contributed by atoms with E-state index in [1.54, 1.807) is 6.07 Å². The molecule has 1 N–H and O–H groups in total. The number of hydrogen-bond acceptors (Lipinski definition) is 3. The summed E-state index contributed by atoms with van der Waals surface area (Å²) in [6, 6.07) is 8.80. The van der Waals surface area contributed by atoms with Crippen molar-refractivity contribution < 1.29 is 23.0 Å². The van der Waals surface area contributed by atoms with Crippen molar-refractivity contribution in [3.05, 3.63) is 53.6 Å². The minimum atomic E-state index is -0.839. The Morgan fingerprint density at radius 3 is 2.58 bits per heavy atom. The van der Waals surface area contributed by atoms with Crippen molar-refractivity contribution in [2.45, 2.75) is 25.9 Å². The van der Waals surface area contributed by atoms with Gasteiger partial charge in [-0.05, 0) is 32.0 Å². The maximum absolute atomic E-state index is 13.5. The van der Waals surface area contributed by atoms with Gasteiger partial charge >= 0.3 is 0 Å². The highest BCUT2D eigenvalue weighted by Crippen LogP contribution is 2.41. The average Bonchev–Trinajstić information content (AvgIpc) is 2.83. The second-order valence-electron chi connectivity index (χ2n) is 6.22. The van der Waals surface area contributed by atoms with Gasteiger partial charge in [0, 0.05) is 12.0 Å². The molecule has 0 unspecified atom stereocenters. The van der Waals surface area contributed by atoms with Crippen LogP contribution < -0.4 is 14.8 Å². The second-order valence-corrected chi connectivity index (χ2v) is 6.22. The van der Waals surface area contributed by atoms with Crippen molar-refractivity contribution in [3.63, 3.8) is 0 Å². The van der Waals surface area contributed by atoms with Gasteiger partial charge in [0.2, 0.25) is 0 Å². The van der Waals surface area contributed by atoms with Crippen LogP contribution in [-0.2, 0) is 11.2 Å². The molecule has 3 rings (SSSR count). The van der Waals surface area contributed by atoms with E-state index < -0.39 is 23.2 Å². The first-order chi connectivity index (χ1) is 11.4. The second kappa shape index (κ2) is 6.11. The molecule has 0 saturated carbocycles. The summed E-state index contributed by atoms with van der Waals surface area (Å²) in [4.78, 5) is 11.9. The number of carbonyl (C=O) groups is 1. The third kappa shape index (κ3) is 3.32. The molecule has 24 heavy (non-hydrogen) atoms. The molecule has 1 aliphatic heterocycles. The fraction of sp³-hybridized carbons (Fsp3) is 0.278. The maximum atomic E-state index is 13.5. The zero-order chi connectivity index (χ0) is 17.3. The molecule has 0 atom stereocenters. The average molecular weight is 333 g/mol. The number of halogens is 2. The lowest BCUT2D eigenvalue weighted by atomic mass is 10.0. The summed E-state index contributed by atoms with van der Waals surface area (Å²) in [5.41, 5.74) is 0.181. The van der Waals surface area contributed by atoms with Crippen molar-refractivity contribution in [1.82, 2.24) is 0 Å². The highest BCUT2D eigenvalue weighted by atomic mass is 19.1. The standard InChI is InChI=1S/C18H17F2NO3/c1-18(2)9-11-5-3-8-14(17(11)24-18)23-10-15(22)21-16-12(19)6-4-7-13(16)20/h3-8H,9-10H2,1-2H3,(H,21,22). The van der Waals surface area contributed by atoms with Gasteiger partial charge in [0.1, 0.15) is 22.9 Å². The Balaban J connectivity index is 1.67. The molecular formula is C18H17F2NO3. The number of rotatable bonds is 4. The van der Waals surface area contributed by atoms with E-state index >= 15 is 0 Å². The predicted molar refractivity (Wildman–Crippen MR) is 85.3 cm³/mol. The predicted octanol–water partition coefficient (Wildman–Crippen LogP) is 3.70. The van der Waals surface area contributed by atoms with E-state index in [9.17, 15) is 13.6 Å². The lowest BCUT2D eigenvalue weighted by Gasteiger charge is -2.18. The Kier molecular flexibility index (Phi) is 4.13. The molecular weight excluding hydrogens is 316 g/mol. The number of hydrogen-bond donors (Lipinski definition) is 1. The van der Waals surface area contributed by atoms with Crippen molar-refractivity contribution in [2.75, 3.05) is 11.9 Å². The normalized spacial score (nSPS) is 14.7. The third-order valence-electron chi connectivity index (χ3n) is 3.64. The van der Waals surface area contributed by atoms with E-state index in [1.807, 2.05) is 26.0 Å². The molecule has 1 heterocycles. The fourth-order valence-electron chi connectivity index (χ4n) is 2.64. The van der Waals surface area contributed by atoms with Crippen molar-refractivity contribution in [2.24, 2.45) is 0 Å². The van der Waals surface area contributed by atoms with Crippen LogP contribution in [0.15, 0.2) is 36.4 Å². The SMILES string of the molecule is CC1(C)Cc2cccc(OCC(=O)Nc3c(F)cccc3F)c2O1. The summed E-state index contributed by atoms with van der Waals surface area (Å²) in [6.45, 7) is 3.54. The first-order valence-corrected chi connectivity index (χ1v) is 7.53. The fourth-order valence-corrected chi connectivity index (χ4v) is 2.64. The third-order valence-corrected chi connectivity index (χ3v) is 3.64. The van der Waals surface area contributed by atoms with Crippen molar-refractivity contribution in [3.8, 4) is 11.5 Å². The van der Waals surface area contributed by atoms with Crippen LogP contribution in [0.1, 0.15) is 19.4 Å². The van der Waals surface area contributed by atoms with E-state index in [4.69, 9.17) is 9.47 Å². The summed E-state index contributed by atoms with van der Waals surface area (Å²) >= 11 is 0. The van der Waals surface area contributed by atoms with Gasteiger partial charge < -0.3 is 14.8 Å². The molecule has 0 saturated heterocycles. The van der Waals surface area contributed by atoms with Gasteiger partial charge in [0.25, 0.3) is 5.91 Å². The van der Waals surface area contributed by atoms with Crippen LogP contribution in [0, 0.1) is 11.6 Å². The number of amides is 1. The smallest absolute Gasteiger partial charge is 0.262 e. The summed E-state index contributed by atoms with van der Waals surface area (Å²) in [5, 5.41) is 2.18. The molecule has 6 heteroatoms. The van der Waals surface area contributed by atoms with Gasteiger partial charge in [-0.25, -0.2) is 8.78 Å². The molecule has 1 amide bonds. The highest BCUT2D eigenvalue weighted by Gasteiger charge is 2.32. The molecule has 0 fully saturated rings. The summed E-state index contributed by atoms with van der Waals surface area (Å²) < 4.78 is 38.4. The van der Waals surface area contributed by atoms with E-state index in [2.05, 4.69) is 5.32 Å². The summed E-state index contributed by atoms with van der Waals surface area (Å²) in [7, 11) is 0. The molecule has 1 aliphatic rings. The van der Waals surface area contributed by atoms with Gasteiger partial charge in [-0.1, -0.05) is 18.2 Å². The van der Waals surface area contributed by atoms with Crippen molar-refractivity contribution >= 4 is 11.6 Å². The van der Waals surface area contributed by atoms with Gasteiger partial charge in [-0.2, -0.15) is 0 Å². The largest absolute Gasteiger partial charge is 0.483 e. The van der Waals surface area contributed by atoms with Crippen LogP contribution in [-0.4, -0.2) is 18.1 Å². The lowest BCUT2D eigenvalue weighted by molar-refractivity contribution is -0.118. The molecule has 4 nitrogen and oxygen atoms in total. The number of ether oxygens (including phenoxy) is 2. The molecule has 0 radical (unpaired) electrons.